The van der Waals surface area contributed by atoms with E-state index < -0.39 is 16.9 Å². The molecule has 2 fully saturated rings. The zero-order valence-electron chi connectivity index (χ0n) is 54.1. The maximum atomic E-state index is 15.5. The minimum Gasteiger partial charge on any atom is -0.493 e. The van der Waals surface area contributed by atoms with E-state index in [2.05, 4.69) is 66.9 Å². The van der Waals surface area contributed by atoms with Gasteiger partial charge >= 0.3 is 6.03 Å². The molecule has 4 aliphatic heterocycles. The van der Waals surface area contributed by atoms with Crippen LogP contribution in [0.25, 0.3) is 11.1 Å². The number of nitrogens with two attached hydrogens (primary N) is 1. The van der Waals surface area contributed by atoms with Gasteiger partial charge in [-0.25, -0.2) is 18.9 Å². The molecule has 4 aromatic carbocycles. The Morgan fingerprint density at radius 3 is 2.09 bits per heavy atom. The summed E-state index contributed by atoms with van der Waals surface area (Å²) in [5.41, 5.74) is 11.6. The zero-order valence-corrected chi connectivity index (χ0v) is 55.6. The molecule has 4 aliphatic rings. The van der Waals surface area contributed by atoms with E-state index in [4.69, 9.17) is 67.4 Å². The lowest BCUT2D eigenvalue weighted by Crippen LogP contribution is -2.60. The minimum absolute atomic E-state index is 0.124. The molecule has 0 radical (unpaired) electrons. The number of benzene rings is 4. The highest BCUT2D eigenvalue weighted by molar-refractivity contribution is 6.30. The predicted octanol–water partition coefficient (Wildman–Crippen LogP) is 10.5. The van der Waals surface area contributed by atoms with E-state index in [1.807, 2.05) is 77.4 Å². The number of halogens is 3. The highest BCUT2D eigenvalue weighted by Crippen LogP contribution is 2.54. The average molecular weight is 1300 g/mol. The molecule has 3 atom stereocenters. The van der Waals surface area contributed by atoms with Gasteiger partial charge in [-0.05, 0) is 122 Å². The third kappa shape index (κ3) is 14.7. The largest absolute Gasteiger partial charge is 0.493 e. The first-order valence-corrected chi connectivity index (χ1v) is 32.5. The van der Waals surface area contributed by atoms with Gasteiger partial charge in [-0.1, -0.05) is 74.3 Å². The van der Waals surface area contributed by atoms with Crippen LogP contribution in [0.15, 0.2) is 102 Å². The Bertz CT molecular complexity index is 3600. The van der Waals surface area contributed by atoms with E-state index in [1.165, 1.54) is 12.1 Å². The number of urea groups is 1. The second-order valence-electron chi connectivity index (χ2n) is 24.9. The summed E-state index contributed by atoms with van der Waals surface area (Å²) >= 11 is 13.0. The third-order valence-corrected chi connectivity index (χ3v) is 18.5. The van der Waals surface area contributed by atoms with Gasteiger partial charge in [0.05, 0.1) is 108 Å². The molecule has 492 valence electrons. The van der Waals surface area contributed by atoms with E-state index in [9.17, 15) is 14.0 Å². The van der Waals surface area contributed by atoms with Crippen molar-refractivity contribution in [2.45, 2.75) is 96.4 Å². The van der Waals surface area contributed by atoms with E-state index in [-0.39, 0.29) is 62.0 Å². The number of piperazine rings is 1. The average Bonchev–Trinajstić information content (AvgIpc) is 1.53. The Labute approximate surface area is 549 Å². The van der Waals surface area contributed by atoms with Crippen LogP contribution in [0.3, 0.4) is 0 Å². The number of nitrogens with one attached hydrogen (secondary N) is 1. The van der Waals surface area contributed by atoms with Crippen LogP contribution in [-0.4, -0.2) is 177 Å². The van der Waals surface area contributed by atoms with Crippen LogP contribution >= 0.6 is 23.2 Å². The zero-order chi connectivity index (χ0) is 65.3. The molecule has 10 rings (SSSR count). The van der Waals surface area contributed by atoms with Crippen LogP contribution in [0.2, 0.25) is 10.0 Å². The van der Waals surface area contributed by atoms with Crippen LogP contribution in [-0.2, 0) is 53.3 Å². The fourth-order valence-electron chi connectivity index (χ4n) is 12.8. The van der Waals surface area contributed by atoms with Crippen molar-refractivity contribution in [1.29, 1.82) is 0 Å². The Morgan fingerprint density at radius 1 is 0.793 bits per heavy atom. The monoisotopic (exact) mass is 1300 g/mol. The number of carbonyl (C=O) groups is 3. The molecule has 4 amide bonds. The molecule has 2 bridgehead atoms. The lowest BCUT2D eigenvalue weighted by atomic mass is 9.71. The first kappa shape index (κ1) is 67.5. The second-order valence-corrected chi connectivity index (χ2v) is 25.8. The van der Waals surface area contributed by atoms with E-state index >= 15 is 4.79 Å². The number of methoxy groups -OCH3 is 1. The number of hydrogen-bond acceptors (Lipinski definition) is 15. The summed E-state index contributed by atoms with van der Waals surface area (Å²) in [7, 11) is 3.25. The van der Waals surface area contributed by atoms with Gasteiger partial charge in [-0.2, -0.15) is 5.10 Å². The van der Waals surface area contributed by atoms with Crippen LogP contribution in [0, 0.1) is 5.82 Å². The van der Waals surface area contributed by atoms with Gasteiger partial charge in [-0.15, -0.1) is 0 Å². The molecule has 20 nitrogen and oxygen atoms in total. The summed E-state index contributed by atoms with van der Waals surface area (Å²) < 4.78 is 51.9. The Morgan fingerprint density at radius 2 is 1.43 bits per heavy atom. The molecule has 0 saturated carbocycles. The quantitative estimate of drug-likeness (QED) is 0.0542. The van der Waals surface area contributed by atoms with Crippen molar-refractivity contribution in [3.05, 3.63) is 152 Å². The molecule has 2 saturated heterocycles. The first-order chi connectivity index (χ1) is 44.2. The number of hydrogen-bond donors (Lipinski definition) is 2. The van der Waals surface area contributed by atoms with Crippen LogP contribution < -0.4 is 25.4 Å². The number of pyridine rings is 1. The van der Waals surface area contributed by atoms with Crippen LogP contribution in [0.5, 0.6) is 11.6 Å². The number of fused-ring (bicyclic) bond motifs is 8. The lowest BCUT2D eigenvalue weighted by Gasteiger charge is -2.47. The van der Waals surface area contributed by atoms with Gasteiger partial charge in [0.2, 0.25) is 11.8 Å². The van der Waals surface area contributed by atoms with Crippen molar-refractivity contribution in [3.8, 4) is 22.8 Å². The summed E-state index contributed by atoms with van der Waals surface area (Å²) in [5.74, 6) is 1.10. The number of anilines is 2. The van der Waals surface area contributed by atoms with Crippen molar-refractivity contribution in [2.24, 2.45) is 4.99 Å². The SMILES string of the molecule is CCOc1cc(C(C)(C)C)ccc1C1=N[C@@](C)(c2ccc(Cl)cc2)[C@@](C)(c2ccc(Cl)cc2)N1C(=O)N1CCN(CCOCCOCCOCCOCCC(=O)NCCn2nc3c(c2OC)-c2cnc(N)c(c2)N2CCC[C@@H]2c2cc(F)ccc2C(=O)N(C)C3)CC1. The number of aliphatic imine (C=N–C) groups is 1. The molecule has 3 N–H and O–H groups in total. The molecule has 23 heteroatoms. The Kier molecular flexibility index (Phi) is 21.8. The fourth-order valence-corrected chi connectivity index (χ4v) is 13.1. The van der Waals surface area contributed by atoms with Gasteiger partial charge in [0.25, 0.3) is 5.91 Å². The molecule has 2 aromatic heterocycles. The lowest BCUT2D eigenvalue weighted by molar-refractivity contribution is -0.122. The molecule has 0 spiro atoms. The van der Waals surface area contributed by atoms with Gasteiger partial charge in [0.15, 0.2) is 0 Å². The Balaban J connectivity index is 0.636. The highest BCUT2D eigenvalue weighted by atomic mass is 35.5. The van der Waals surface area contributed by atoms with Crippen LogP contribution in [0.4, 0.5) is 20.7 Å². The summed E-state index contributed by atoms with van der Waals surface area (Å²) in [6.45, 7) is 20.5. The molecule has 6 aromatic rings. The second kappa shape index (κ2) is 29.7. The van der Waals surface area contributed by atoms with E-state index in [0.29, 0.717) is 159 Å². The van der Waals surface area contributed by atoms with Crippen LogP contribution in [0.1, 0.15) is 111 Å². The van der Waals surface area contributed by atoms with Gasteiger partial charge in [-0.3, -0.25) is 24.4 Å². The number of amides is 4. The van der Waals surface area contributed by atoms with Crippen molar-refractivity contribution < 1.29 is 47.2 Å². The van der Waals surface area contributed by atoms with Crippen molar-refractivity contribution in [3.63, 3.8) is 0 Å². The summed E-state index contributed by atoms with van der Waals surface area (Å²) in [6, 6.07) is 27.5. The van der Waals surface area contributed by atoms with Gasteiger partial charge < -0.3 is 54.2 Å². The minimum atomic E-state index is -1.03. The third-order valence-electron chi connectivity index (χ3n) is 18.0. The summed E-state index contributed by atoms with van der Waals surface area (Å²) in [5, 5.41) is 9.03. The number of amidine groups is 1. The molecule has 6 heterocycles. The number of nitrogen functional groups attached to an aromatic ring is 1. The number of rotatable bonds is 24. The maximum Gasteiger partial charge on any atom is 0.326 e. The summed E-state index contributed by atoms with van der Waals surface area (Å²) in [6.07, 6.45) is 3.37. The number of aromatic nitrogens is 3. The molecular weight excluding hydrogens is 1220 g/mol. The summed E-state index contributed by atoms with van der Waals surface area (Å²) in [4.78, 5) is 62.4. The molecular formula is C69H86Cl2FN11O9. The van der Waals surface area contributed by atoms with E-state index in [1.54, 1.807) is 36.0 Å². The Hall–Kier alpha value is -7.37. The van der Waals surface area contributed by atoms with Crippen molar-refractivity contribution in [2.75, 3.05) is 130 Å². The van der Waals surface area contributed by atoms with Gasteiger partial charge in [0.1, 0.15) is 34.3 Å². The number of carbonyl (C=O) groups excluding carboxylic acids is 3. The smallest absolute Gasteiger partial charge is 0.326 e. The standard InChI is InChI=1S/C69H86Cl2FN11O9/c1-9-92-59-42-49(67(2,3)4)16-22-54(59)63-76-68(5,47-12-17-50(70)18-13-47)69(6,48-14-19-51(71)20-15-48)83(63)66(86)80-30-28-79(29-31-80)32-34-89-36-38-91-40-39-90-37-35-88-33-24-60(84)74-25-27-82-65(87-8)61-46-41-58(62(73)75-44-46)81-26-10-11-57(81)55-43-52(72)21-23-53(55)64(85)78(7)45-56(61)77-82/h12-23,41-44,57H,9-11,24-40,45H2,1-8H3,(H2,73,75)(H,74,84)/t57-,68+,69-/m1/s1. The fraction of sp³-hybridized carbons (Fsp3) is 0.478. The normalized spacial score (nSPS) is 19.3. The van der Waals surface area contributed by atoms with Gasteiger partial charge in [0, 0.05) is 86.7 Å². The topological polar surface area (TPSA) is 204 Å². The van der Waals surface area contributed by atoms with Crippen molar-refractivity contribution >= 4 is 58.4 Å². The number of ether oxygens (including phenoxy) is 6. The number of nitrogens with zero attached hydrogens (tertiary/aromatic N) is 9. The first-order valence-electron chi connectivity index (χ1n) is 31.7. The predicted molar refractivity (Wildman–Crippen MR) is 355 cm³/mol. The molecule has 0 aliphatic carbocycles. The molecule has 0 unspecified atom stereocenters. The maximum absolute atomic E-state index is 15.5. The van der Waals surface area contributed by atoms with E-state index in [0.717, 1.165) is 35.1 Å². The van der Waals surface area contributed by atoms with Crippen molar-refractivity contribution in [1.82, 2.24) is 39.7 Å². The highest BCUT2D eigenvalue weighted by Gasteiger charge is 2.60. The molecule has 92 heavy (non-hydrogen) atoms.